The number of hydrogen-bond donors (Lipinski definition) is 1. The minimum Gasteiger partial charge on any atom is -0.351 e. The summed E-state index contributed by atoms with van der Waals surface area (Å²) in [6.07, 6.45) is 1.51. The Bertz CT molecular complexity index is 490. The molecule has 1 aromatic carbocycles. The van der Waals surface area contributed by atoms with Gasteiger partial charge in [0.1, 0.15) is 5.82 Å². The highest BCUT2D eigenvalue weighted by molar-refractivity contribution is 5.96. The molecule has 19 heavy (non-hydrogen) atoms. The largest absolute Gasteiger partial charge is 0.351 e. The average molecular weight is 264 g/mol. The van der Waals surface area contributed by atoms with Crippen molar-refractivity contribution in [2.75, 3.05) is 11.4 Å². The number of carbonyl (C=O) groups is 2. The Labute approximate surface area is 111 Å². The predicted octanol–water partition coefficient (Wildman–Crippen LogP) is 1.85. The number of carbonyl (C=O) groups excluding carboxylic acids is 2. The lowest BCUT2D eigenvalue weighted by Gasteiger charge is -2.17. The monoisotopic (exact) mass is 264 g/mol. The maximum absolute atomic E-state index is 13.1. The molecule has 1 aromatic rings. The number of hydrogen-bond acceptors (Lipinski definition) is 2. The first-order valence-corrected chi connectivity index (χ1v) is 6.45. The summed E-state index contributed by atoms with van der Waals surface area (Å²) in [6.45, 7) is 2.33. The smallest absolute Gasteiger partial charge is 0.229 e. The van der Waals surface area contributed by atoms with Crippen LogP contribution in [0.2, 0.25) is 0 Å². The summed E-state index contributed by atoms with van der Waals surface area (Å²) in [5.41, 5.74) is 0.539. The van der Waals surface area contributed by atoms with E-state index >= 15 is 0 Å². The molecule has 4 nitrogen and oxygen atoms in total. The molecule has 0 bridgehead atoms. The summed E-state index contributed by atoms with van der Waals surface area (Å²) < 4.78 is 13.1. The van der Waals surface area contributed by atoms with E-state index in [4.69, 9.17) is 0 Å². The van der Waals surface area contributed by atoms with Gasteiger partial charge < -0.3 is 10.2 Å². The highest BCUT2D eigenvalue weighted by Gasteiger charge is 2.31. The van der Waals surface area contributed by atoms with Gasteiger partial charge in [0.15, 0.2) is 0 Å². The molecule has 0 saturated carbocycles. The number of amides is 2. The van der Waals surface area contributed by atoms with Crippen LogP contribution in [-0.2, 0) is 9.59 Å². The van der Waals surface area contributed by atoms with Crippen LogP contribution in [0.5, 0.6) is 0 Å². The lowest BCUT2D eigenvalue weighted by atomic mass is 10.2. The number of benzene rings is 1. The van der Waals surface area contributed by atoms with Crippen LogP contribution in [0, 0.1) is 5.82 Å². The minimum absolute atomic E-state index is 0.0404. The van der Waals surface area contributed by atoms with Crippen molar-refractivity contribution in [3.8, 4) is 0 Å². The number of nitrogens with zero attached hydrogens (tertiary/aromatic N) is 1. The summed E-state index contributed by atoms with van der Waals surface area (Å²) >= 11 is 0. The third kappa shape index (κ3) is 3.30. The maximum atomic E-state index is 13.1. The fourth-order valence-corrected chi connectivity index (χ4v) is 2.22. The van der Waals surface area contributed by atoms with Crippen molar-refractivity contribution in [1.29, 1.82) is 0 Å². The van der Waals surface area contributed by atoms with Crippen LogP contribution in [0.3, 0.4) is 0 Å². The standard InChI is InChI=1S/C14H17FN2O2/c1-2-4-13(18)16-11-8-14(19)17(9-11)12-6-3-5-10(15)7-12/h3,5-7,11H,2,4,8-9H2,1H3,(H,16,18)/t11-/m0/s1. The molecule has 1 atom stereocenters. The molecule has 1 aliphatic rings. The van der Waals surface area contributed by atoms with E-state index in [9.17, 15) is 14.0 Å². The Morgan fingerprint density at radius 1 is 1.53 bits per heavy atom. The molecule has 5 heteroatoms. The third-order valence-corrected chi connectivity index (χ3v) is 3.09. The van der Waals surface area contributed by atoms with E-state index in [1.807, 2.05) is 6.92 Å². The van der Waals surface area contributed by atoms with E-state index in [-0.39, 0.29) is 30.1 Å². The first-order chi connectivity index (χ1) is 9.10. The van der Waals surface area contributed by atoms with Crippen LogP contribution < -0.4 is 10.2 Å². The molecule has 1 heterocycles. The van der Waals surface area contributed by atoms with E-state index in [0.29, 0.717) is 18.7 Å². The Kier molecular flexibility index (Phi) is 4.14. The van der Waals surface area contributed by atoms with Crippen molar-refractivity contribution in [3.05, 3.63) is 30.1 Å². The quantitative estimate of drug-likeness (QED) is 0.902. The van der Waals surface area contributed by atoms with Gasteiger partial charge in [-0.05, 0) is 24.6 Å². The number of nitrogens with one attached hydrogen (secondary N) is 1. The zero-order valence-corrected chi connectivity index (χ0v) is 10.9. The predicted molar refractivity (Wildman–Crippen MR) is 70.2 cm³/mol. The van der Waals surface area contributed by atoms with Gasteiger partial charge in [0.05, 0.1) is 6.04 Å². The van der Waals surface area contributed by atoms with Gasteiger partial charge in [-0.15, -0.1) is 0 Å². The third-order valence-electron chi connectivity index (χ3n) is 3.09. The fourth-order valence-electron chi connectivity index (χ4n) is 2.22. The van der Waals surface area contributed by atoms with Gasteiger partial charge in [0.25, 0.3) is 0 Å². The Morgan fingerprint density at radius 2 is 2.32 bits per heavy atom. The topological polar surface area (TPSA) is 49.4 Å². The SMILES string of the molecule is CCCC(=O)N[C@H]1CC(=O)N(c2cccc(F)c2)C1. The van der Waals surface area contributed by atoms with Crippen molar-refractivity contribution < 1.29 is 14.0 Å². The van der Waals surface area contributed by atoms with Crippen LogP contribution in [0.4, 0.5) is 10.1 Å². The molecule has 102 valence electrons. The molecule has 0 unspecified atom stereocenters. The van der Waals surface area contributed by atoms with Crippen LogP contribution in [0.15, 0.2) is 24.3 Å². The van der Waals surface area contributed by atoms with Crippen molar-refractivity contribution in [2.45, 2.75) is 32.2 Å². The summed E-state index contributed by atoms with van der Waals surface area (Å²) in [7, 11) is 0. The van der Waals surface area contributed by atoms with Crippen molar-refractivity contribution in [3.63, 3.8) is 0 Å². The van der Waals surface area contributed by atoms with Gasteiger partial charge in [0, 0.05) is 25.1 Å². The highest BCUT2D eigenvalue weighted by atomic mass is 19.1. The molecule has 2 rings (SSSR count). The van der Waals surface area contributed by atoms with Gasteiger partial charge in [0.2, 0.25) is 11.8 Å². The Morgan fingerprint density at radius 3 is 3.00 bits per heavy atom. The summed E-state index contributed by atoms with van der Waals surface area (Å²) in [5.74, 6) is -0.502. The Hall–Kier alpha value is -1.91. The zero-order chi connectivity index (χ0) is 13.8. The number of anilines is 1. The molecule has 1 saturated heterocycles. The molecule has 0 aromatic heterocycles. The average Bonchev–Trinajstić information content (AvgIpc) is 2.70. The normalized spacial score (nSPS) is 18.7. The molecule has 1 fully saturated rings. The van der Waals surface area contributed by atoms with Crippen molar-refractivity contribution in [1.82, 2.24) is 5.32 Å². The summed E-state index contributed by atoms with van der Waals surface area (Å²) in [6, 6.07) is 5.74. The first-order valence-electron chi connectivity index (χ1n) is 6.45. The number of rotatable bonds is 4. The van der Waals surface area contributed by atoms with Crippen LogP contribution in [0.25, 0.3) is 0 Å². The van der Waals surface area contributed by atoms with Crippen molar-refractivity contribution >= 4 is 17.5 Å². The molecular formula is C14H17FN2O2. The molecule has 0 radical (unpaired) electrons. The lowest BCUT2D eigenvalue weighted by Crippen LogP contribution is -2.36. The molecule has 0 aliphatic carbocycles. The van der Waals surface area contributed by atoms with E-state index in [1.54, 1.807) is 12.1 Å². The highest BCUT2D eigenvalue weighted by Crippen LogP contribution is 2.22. The van der Waals surface area contributed by atoms with Crippen LogP contribution in [-0.4, -0.2) is 24.4 Å². The molecule has 2 amide bonds. The lowest BCUT2D eigenvalue weighted by molar-refractivity contribution is -0.121. The summed E-state index contributed by atoms with van der Waals surface area (Å²) in [4.78, 5) is 24.9. The van der Waals surface area contributed by atoms with E-state index in [1.165, 1.54) is 17.0 Å². The maximum Gasteiger partial charge on any atom is 0.229 e. The van der Waals surface area contributed by atoms with Gasteiger partial charge in [-0.3, -0.25) is 9.59 Å². The molecule has 1 N–H and O–H groups in total. The Balaban J connectivity index is 2.01. The van der Waals surface area contributed by atoms with Gasteiger partial charge in [-0.25, -0.2) is 4.39 Å². The van der Waals surface area contributed by atoms with Gasteiger partial charge in [-0.2, -0.15) is 0 Å². The molecular weight excluding hydrogens is 247 g/mol. The van der Waals surface area contributed by atoms with Gasteiger partial charge in [-0.1, -0.05) is 13.0 Å². The second kappa shape index (κ2) is 5.82. The van der Waals surface area contributed by atoms with Crippen LogP contribution >= 0.6 is 0 Å². The van der Waals surface area contributed by atoms with E-state index in [0.717, 1.165) is 6.42 Å². The fraction of sp³-hybridized carbons (Fsp3) is 0.429. The number of halogens is 1. The van der Waals surface area contributed by atoms with E-state index in [2.05, 4.69) is 5.32 Å². The van der Waals surface area contributed by atoms with Crippen LogP contribution in [0.1, 0.15) is 26.2 Å². The second-order valence-corrected chi connectivity index (χ2v) is 4.70. The molecule has 0 spiro atoms. The van der Waals surface area contributed by atoms with Gasteiger partial charge >= 0.3 is 0 Å². The van der Waals surface area contributed by atoms with E-state index < -0.39 is 0 Å². The first kappa shape index (κ1) is 13.5. The molecule has 1 aliphatic heterocycles. The van der Waals surface area contributed by atoms with Crippen molar-refractivity contribution in [2.24, 2.45) is 0 Å². The summed E-state index contributed by atoms with van der Waals surface area (Å²) in [5, 5.41) is 2.83. The minimum atomic E-state index is -0.372. The zero-order valence-electron chi connectivity index (χ0n) is 10.9. The second-order valence-electron chi connectivity index (χ2n) is 4.70.